The number of aromatic nitrogens is 1. The molecule has 7 heteroatoms. The number of halogens is 3. The molecule has 122 valence electrons. The second-order valence-electron chi connectivity index (χ2n) is 5.04. The highest BCUT2D eigenvalue weighted by Crippen LogP contribution is 2.26. The number of pyridine rings is 1. The van der Waals surface area contributed by atoms with Crippen molar-refractivity contribution < 1.29 is 18.3 Å². The summed E-state index contributed by atoms with van der Waals surface area (Å²) in [5.74, 6) is -2.59. The maximum Gasteiger partial charge on any atom is 0.344 e. The van der Waals surface area contributed by atoms with Gasteiger partial charge >= 0.3 is 5.97 Å². The van der Waals surface area contributed by atoms with E-state index in [0.29, 0.717) is 16.6 Å². The smallest absolute Gasteiger partial charge is 0.344 e. The molecule has 0 aliphatic rings. The van der Waals surface area contributed by atoms with Gasteiger partial charge in [-0.1, -0.05) is 11.6 Å². The van der Waals surface area contributed by atoms with E-state index < -0.39 is 23.0 Å². The number of aromatic amines is 1. The van der Waals surface area contributed by atoms with Crippen molar-refractivity contribution in [2.45, 2.75) is 0 Å². The Morgan fingerprint density at radius 1 is 1.12 bits per heavy atom. The van der Waals surface area contributed by atoms with Crippen LogP contribution in [0.3, 0.4) is 0 Å². The number of H-pyrrole nitrogens is 1. The molecule has 24 heavy (non-hydrogen) atoms. The predicted molar refractivity (Wildman–Crippen MR) is 86.3 cm³/mol. The van der Waals surface area contributed by atoms with Crippen molar-refractivity contribution >= 4 is 28.5 Å². The average molecular weight is 350 g/mol. The van der Waals surface area contributed by atoms with E-state index in [1.54, 1.807) is 0 Å². The van der Waals surface area contributed by atoms with Crippen LogP contribution in [-0.2, 0) is 4.74 Å². The van der Waals surface area contributed by atoms with E-state index in [4.69, 9.17) is 11.6 Å². The molecule has 0 aliphatic heterocycles. The van der Waals surface area contributed by atoms with E-state index in [0.717, 1.165) is 19.2 Å². The molecule has 1 heterocycles. The molecule has 0 radical (unpaired) electrons. The van der Waals surface area contributed by atoms with Gasteiger partial charge in [-0.2, -0.15) is 0 Å². The second kappa shape index (κ2) is 6.05. The minimum Gasteiger partial charge on any atom is -0.465 e. The van der Waals surface area contributed by atoms with Gasteiger partial charge in [0.1, 0.15) is 17.2 Å². The molecule has 0 bridgehead atoms. The summed E-state index contributed by atoms with van der Waals surface area (Å²) in [6.07, 6.45) is 0. The number of hydrogen-bond acceptors (Lipinski definition) is 3. The second-order valence-corrected chi connectivity index (χ2v) is 5.48. The molecule has 3 aromatic rings. The van der Waals surface area contributed by atoms with Crippen LogP contribution in [0, 0.1) is 11.6 Å². The third-order valence-corrected chi connectivity index (χ3v) is 3.74. The van der Waals surface area contributed by atoms with Crippen molar-refractivity contribution in [3.8, 4) is 11.3 Å². The molecule has 0 unspecified atom stereocenters. The molecular weight excluding hydrogens is 340 g/mol. The third-order valence-electron chi connectivity index (χ3n) is 3.50. The highest BCUT2D eigenvalue weighted by Gasteiger charge is 2.21. The molecule has 0 aliphatic carbocycles. The van der Waals surface area contributed by atoms with E-state index in [-0.39, 0.29) is 22.2 Å². The molecule has 0 fully saturated rings. The highest BCUT2D eigenvalue weighted by molar-refractivity contribution is 6.31. The number of carbonyl (C=O) groups excluding carboxylic acids is 1. The van der Waals surface area contributed by atoms with Gasteiger partial charge in [-0.15, -0.1) is 0 Å². The number of carbonyl (C=O) groups is 1. The monoisotopic (exact) mass is 349 g/mol. The van der Waals surface area contributed by atoms with Crippen molar-refractivity contribution in [3.05, 3.63) is 68.8 Å². The Kier molecular flexibility index (Phi) is 4.07. The number of rotatable bonds is 2. The number of nitrogens with one attached hydrogen (secondary N) is 1. The number of hydrogen-bond donors (Lipinski definition) is 1. The lowest BCUT2D eigenvalue weighted by molar-refractivity contribution is 0.0600. The quantitative estimate of drug-likeness (QED) is 0.713. The van der Waals surface area contributed by atoms with Crippen LogP contribution in [-0.4, -0.2) is 18.1 Å². The van der Waals surface area contributed by atoms with Gasteiger partial charge in [-0.3, -0.25) is 4.79 Å². The molecule has 0 amide bonds. The Morgan fingerprint density at radius 3 is 2.42 bits per heavy atom. The van der Waals surface area contributed by atoms with Crippen LogP contribution >= 0.6 is 11.6 Å². The molecule has 0 spiro atoms. The first-order valence-corrected chi connectivity index (χ1v) is 7.19. The maximum absolute atomic E-state index is 13.5. The Labute approximate surface area is 139 Å². The standard InChI is InChI=1S/C17H10ClF2NO3/c1-24-17(23)14-15(8-4-10(19)7-11(20)5-8)21-13-6-9(18)2-3-12(13)16(14)22/h2-7H,1H3,(H,21,22). The molecular formula is C17H10ClF2NO3. The van der Waals surface area contributed by atoms with E-state index in [2.05, 4.69) is 9.72 Å². The first-order chi connectivity index (χ1) is 11.4. The summed E-state index contributed by atoms with van der Waals surface area (Å²) in [6, 6.07) is 7.16. The van der Waals surface area contributed by atoms with Gasteiger partial charge in [0.05, 0.1) is 18.3 Å². The van der Waals surface area contributed by atoms with Crippen LogP contribution in [0.5, 0.6) is 0 Å². The van der Waals surface area contributed by atoms with Crippen LogP contribution < -0.4 is 5.43 Å². The van der Waals surface area contributed by atoms with Crippen molar-refractivity contribution in [1.82, 2.24) is 4.98 Å². The Hall–Kier alpha value is -2.73. The van der Waals surface area contributed by atoms with Crippen molar-refractivity contribution in [2.24, 2.45) is 0 Å². The van der Waals surface area contributed by atoms with Gasteiger partial charge in [0.2, 0.25) is 5.43 Å². The number of esters is 1. The van der Waals surface area contributed by atoms with Crippen LogP contribution in [0.4, 0.5) is 8.78 Å². The number of fused-ring (bicyclic) bond motifs is 1. The van der Waals surface area contributed by atoms with E-state index in [1.807, 2.05) is 0 Å². The summed E-state index contributed by atoms with van der Waals surface area (Å²) < 4.78 is 31.7. The van der Waals surface area contributed by atoms with E-state index in [9.17, 15) is 18.4 Å². The van der Waals surface area contributed by atoms with Gasteiger partial charge < -0.3 is 9.72 Å². The topological polar surface area (TPSA) is 59.2 Å². The Bertz CT molecular complexity index is 1010. The van der Waals surface area contributed by atoms with Crippen LogP contribution in [0.15, 0.2) is 41.2 Å². The fourth-order valence-corrected chi connectivity index (χ4v) is 2.65. The van der Waals surface area contributed by atoms with Gasteiger partial charge in [0.25, 0.3) is 0 Å². The molecule has 4 nitrogen and oxygen atoms in total. The number of benzene rings is 2. The largest absolute Gasteiger partial charge is 0.465 e. The molecule has 0 saturated carbocycles. The molecule has 1 aromatic heterocycles. The fourth-order valence-electron chi connectivity index (χ4n) is 2.47. The molecule has 0 saturated heterocycles. The first-order valence-electron chi connectivity index (χ1n) is 6.81. The zero-order chi connectivity index (χ0) is 17.4. The summed E-state index contributed by atoms with van der Waals surface area (Å²) in [5, 5.41) is 0.570. The number of methoxy groups -OCH3 is 1. The van der Waals surface area contributed by atoms with Crippen molar-refractivity contribution in [1.29, 1.82) is 0 Å². The molecule has 0 atom stereocenters. The third kappa shape index (κ3) is 2.76. The minimum absolute atomic E-state index is 0.00637. The van der Waals surface area contributed by atoms with Crippen molar-refractivity contribution in [3.63, 3.8) is 0 Å². The van der Waals surface area contributed by atoms with Gasteiger partial charge in [0, 0.05) is 22.0 Å². The number of ether oxygens (including phenoxy) is 1. The van der Waals surface area contributed by atoms with Crippen LogP contribution in [0.25, 0.3) is 22.2 Å². The fraction of sp³-hybridized carbons (Fsp3) is 0.0588. The minimum atomic E-state index is -0.909. The zero-order valence-electron chi connectivity index (χ0n) is 12.3. The van der Waals surface area contributed by atoms with Crippen molar-refractivity contribution in [2.75, 3.05) is 7.11 Å². The highest BCUT2D eigenvalue weighted by atomic mass is 35.5. The van der Waals surface area contributed by atoms with Gasteiger partial charge in [-0.05, 0) is 30.3 Å². The maximum atomic E-state index is 13.5. The molecule has 3 rings (SSSR count). The summed E-state index contributed by atoms with van der Waals surface area (Å²) in [4.78, 5) is 27.6. The Balaban J connectivity index is 2.44. The predicted octanol–water partition coefficient (Wildman–Crippen LogP) is 3.91. The summed E-state index contributed by atoms with van der Waals surface area (Å²) >= 11 is 5.92. The zero-order valence-corrected chi connectivity index (χ0v) is 13.1. The lowest BCUT2D eigenvalue weighted by Gasteiger charge is -2.11. The first kappa shape index (κ1) is 16.1. The summed E-state index contributed by atoms with van der Waals surface area (Å²) in [6.45, 7) is 0. The average Bonchev–Trinajstić information content (AvgIpc) is 2.52. The van der Waals surface area contributed by atoms with E-state index in [1.165, 1.54) is 18.2 Å². The van der Waals surface area contributed by atoms with Gasteiger partial charge in [-0.25, -0.2) is 13.6 Å². The molecule has 1 N–H and O–H groups in total. The summed E-state index contributed by atoms with van der Waals surface area (Å²) in [7, 11) is 1.11. The SMILES string of the molecule is COC(=O)c1c(-c2cc(F)cc(F)c2)[nH]c2cc(Cl)ccc2c1=O. The lowest BCUT2D eigenvalue weighted by Crippen LogP contribution is -2.19. The van der Waals surface area contributed by atoms with Crippen LogP contribution in [0.2, 0.25) is 5.02 Å². The Morgan fingerprint density at radius 2 is 1.79 bits per heavy atom. The summed E-state index contributed by atoms with van der Waals surface area (Å²) in [5.41, 5.74) is -0.657. The van der Waals surface area contributed by atoms with Crippen LogP contribution in [0.1, 0.15) is 10.4 Å². The van der Waals surface area contributed by atoms with E-state index >= 15 is 0 Å². The van der Waals surface area contributed by atoms with Gasteiger partial charge in [0.15, 0.2) is 0 Å². The lowest BCUT2D eigenvalue weighted by atomic mass is 10.0. The normalized spacial score (nSPS) is 10.8. The molecule has 2 aromatic carbocycles.